The monoisotopic (exact) mass is 341 g/mol. The second-order valence-electron chi connectivity index (χ2n) is 5.36. The summed E-state index contributed by atoms with van der Waals surface area (Å²) in [5.74, 6) is 0.469. The van der Waals surface area contributed by atoms with Crippen LogP contribution in [0.15, 0.2) is 47.5 Å². The highest BCUT2D eigenvalue weighted by Gasteiger charge is 2.14. The molecule has 0 N–H and O–H groups in total. The van der Waals surface area contributed by atoms with Crippen molar-refractivity contribution < 1.29 is 9.66 Å². The molecule has 0 aliphatic carbocycles. The summed E-state index contributed by atoms with van der Waals surface area (Å²) < 4.78 is 5.31. The van der Waals surface area contributed by atoms with Crippen molar-refractivity contribution in [2.24, 2.45) is 4.99 Å². The summed E-state index contributed by atoms with van der Waals surface area (Å²) in [6, 6.07) is 12.7. The van der Waals surface area contributed by atoms with E-state index in [0.717, 1.165) is 24.3 Å². The van der Waals surface area contributed by atoms with E-state index in [2.05, 4.69) is 23.7 Å². The fraction of sp³-hybridized carbons (Fsp3) is 0.316. The quantitative estimate of drug-likeness (QED) is 0.400. The molecule has 6 nitrogen and oxygen atoms in total. The molecular formula is C19H23N3O3. The number of benzene rings is 2. The van der Waals surface area contributed by atoms with Crippen LogP contribution in [0.4, 0.5) is 17.1 Å². The van der Waals surface area contributed by atoms with Crippen LogP contribution in [0.1, 0.15) is 26.3 Å². The summed E-state index contributed by atoms with van der Waals surface area (Å²) in [7, 11) is 0. The van der Waals surface area contributed by atoms with Crippen LogP contribution in [0.25, 0.3) is 0 Å². The van der Waals surface area contributed by atoms with Gasteiger partial charge in [0.1, 0.15) is 11.4 Å². The highest BCUT2D eigenvalue weighted by atomic mass is 16.6. The van der Waals surface area contributed by atoms with Crippen LogP contribution in [0.5, 0.6) is 5.75 Å². The van der Waals surface area contributed by atoms with E-state index < -0.39 is 4.92 Å². The first-order valence-electron chi connectivity index (χ1n) is 8.39. The Kier molecular flexibility index (Phi) is 6.51. The van der Waals surface area contributed by atoms with E-state index in [1.165, 1.54) is 6.07 Å². The van der Waals surface area contributed by atoms with Crippen molar-refractivity contribution in [2.45, 2.75) is 20.8 Å². The molecule has 2 aromatic carbocycles. The maximum absolute atomic E-state index is 11.2. The predicted molar refractivity (Wildman–Crippen MR) is 102 cm³/mol. The molecule has 0 atom stereocenters. The zero-order chi connectivity index (χ0) is 18.2. The summed E-state index contributed by atoms with van der Waals surface area (Å²) in [6.45, 7) is 8.41. The first-order chi connectivity index (χ1) is 12.1. The number of ether oxygens (including phenoxy) is 1. The first kappa shape index (κ1) is 18.4. The summed E-state index contributed by atoms with van der Waals surface area (Å²) in [5.41, 5.74) is 2.27. The molecule has 0 saturated heterocycles. The summed E-state index contributed by atoms with van der Waals surface area (Å²) >= 11 is 0. The lowest BCUT2D eigenvalue weighted by Gasteiger charge is -2.20. The Labute approximate surface area is 147 Å². The minimum atomic E-state index is -0.446. The topological polar surface area (TPSA) is 68.0 Å². The van der Waals surface area contributed by atoms with Crippen molar-refractivity contribution >= 4 is 23.3 Å². The van der Waals surface area contributed by atoms with Crippen molar-refractivity contribution in [3.8, 4) is 5.75 Å². The van der Waals surface area contributed by atoms with Crippen LogP contribution in [-0.4, -0.2) is 30.8 Å². The minimum absolute atomic E-state index is 0.0676. The van der Waals surface area contributed by atoms with Gasteiger partial charge in [-0.3, -0.25) is 10.1 Å². The predicted octanol–water partition coefficient (Wildman–Crippen LogP) is 4.59. The smallest absolute Gasteiger partial charge is 0.298 e. The zero-order valence-electron chi connectivity index (χ0n) is 14.8. The van der Waals surface area contributed by atoms with E-state index in [-0.39, 0.29) is 5.69 Å². The van der Waals surface area contributed by atoms with Gasteiger partial charge in [0.2, 0.25) is 0 Å². The molecule has 0 spiro atoms. The zero-order valence-corrected chi connectivity index (χ0v) is 14.8. The first-order valence-corrected chi connectivity index (χ1v) is 8.39. The molecule has 0 aromatic heterocycles. The Bertz CT molecular complexity index is 738. The molecule has 0 radical (unpaired) electrons. The standard InChI is InChI=1S/C19H23N3O3/c1-4-21(5-2)16-9-7-15(8-10-16)14-20-18-12-11-17(25-6-3)13-19(18)22(23)24/h7-14H,4-6H2,1-3H3. The summed E-state index contributed by atoms with van der Waals surface area (Å²) in [6.07, 6.45) is 1.63. The van der Waals surface area contributed by atoms with Crippen molar-refractivity contribution in [2.75, 3.05) is 24.6 Å². The third-order valence-corrected chi connectivity index (χ3v) is 3.83. The van der Waals surface area contributed by atoms with Gasteiger partial charge < -0.3 is 9.64 Å². The van der Waals surface area contributed by atoms with Gasteiger partial charge in [0.25, 0.3) is 5.69 Å². The Morgan fingerprint density at radius 3 is 2.36 bits per heavy atom. The average molecular weight is 341 g/mol. The maximum Gasteiger partial charge on any atom is 0.298 e. The number of nitro groups is 1. The highest BCUT2D eigenvalue weighted by Crippen LogP contribution is 2.31. The highest BCUT2D eigenvalue weighted by molar-refractivity contribution is 5.84. The van der Waals surface area contributed by atoms with Gasteiger partial charge in [-0.2, -0.15) is 0 Å². The van der Waals surface area contributed by atoms with Gasteiger partial charge in [-0.15, -0.1) is 0 Å². The SMILES string of the molecule is CCOc1ccc(N=Cc2ccc(N(CC)CC)cc2)c([N+](=O)[O-])c1. The minimum Gasteiger partial charge on any atom is -0.494 e. The number of nitro benzene ring substituents is 1. The van der Waals surface area contributed by atoms with E-state index >= 15 is 0 Å². The van der Waals surface area contributed by atoms with Gasteiger partial charge in [0.05, 0.1) is 17.6 Å². The van der Waals surface area contributed by atoms with E-state index in [4.69, 9.17) is 4.74 Å². The molecule has 0 amide bonds. The molecule has 0 bridgehead atoms. The van der Waals surface area contributed by atoms with Crippen LogP contribution >= 0.6 is 0 Å². The molecule has 0 heterocycles. The van der Waals surface area contributed by atoms with Gasteiger partial charge in [-0.05, 0) is 50.6 Å². The maximum atomic E-state index is 11.2. The average Bonchev–Trinajstić information content (AvgIpc) is 2.63. The Morgan fingerprint density at radius 1 is 1.12 bits per heavy atom. The van der Waals surface area contributed by atoms with Gasteiger partial charge in [0.15, 0.2) is 0 Å². The number of anilines is 1. The van der Waals surface area contributed by atoms with E-state index in [1.54, 1.807) is 18.3 Å². The molecule has 132 valence electrons. The Morgan fingerprint density at radius 2 is 1.80 bits per heavy atom. The van der Waals surface area contributed by atoms with Crippen molar-refractivity contribution in [3.05, 3.63) is 58.1 Å². The third-order valence-electron chi connectivity index (χ3n) is 3.83. The van der Waals surface area contributed by atoms with Gasteiger partial charge in [-0.25, -0.2) is 4.99 Å². The fourth-order valence-electron chi connectivity index (χ4n) is 2.52. The molecular weight excluding hydrogens is 318 g/mol. The van der Waals surface area contributed by atoms with Gasteiger partial charge in [-0.1, -0.05) is 12.1 Å². The fourth-order valence-corrected chi connectivity index (χ4v) is 2.52. The molecule has 6 heteroatoms. The molecule has 0 fully saturated rings. The molecule has 0 saturated carbocycles. The Hall–Kier alpha value is -2.89. The van der Waals surface area contributed by atoms with Gasteiger partial charge in [0, 0.05) is 25.0 Å². The van der Waals surface area contributed by atoms with Crippen LogP contribution in [0.2, 0.25) is 0 Å². The normalized spacial score (nSPS) is 10.8. The second kappa shape index (κ2) is 8.82. The van der Waals surface area contributed by atoms with Gasteiger partial charge >= 0.3 is 0 Å². The number of hydrogen-bond acceptors (Lipinski definition) is 5. The molecule has 2 rings (SSSR count). The van der Waals surface area contributed by atoms with Crippen LogP contribution < -0.4 is 9.64 Å². The molecule has 25 heavy (non-hydrogen) atoms. The Balaban J connectivity index is 2.22. The summed E-state index contributed by atoms with van der Waals surface area (Å²) in [5, 5.41) is 11.2. The number of aliphatic imine (C=N–C) groups is 1. The number of nitrogens with zero attached hydrogens (tertiary/aromatic N) is 3. The number of hydrogen-bond donors (Lipinski definition) is 0. The van der Waals surface area contributed by atoms with Crippen molar-refractivity contribution in [1.29, 1.82) is 0 Å². The van der Waals surface area contributed by atoms with E-state index in [1.807, 2.05) is 31.2 Å². The molecule has 0 aliphatic heterocycles. The summed E-state index contributed by atoms with van der Waals surface area (Å²) in [4.78, 5) is 17.3. The lowest BCUT2D eigenvalue weighted by atomic mass is 10.2. The van der Waals surface area contributed by atoms with Crippen LogP contribution in [0.3, 0.4) is 0 Å². The van der Waals surface area contributed by atoms with Crippen LogP contribution in [0, 0.1) is 10.1 Å². The van der Waals surface area contributed by atoms with Crippen molar-refractivity contribution in [1.82, 2.24) is 0 Å². The van der Waals surface area contributed by atoms with Crippen LogP contribution in [-0.2, 0) is 0 Å². The van der Waals surface area contributed by atoms with E-state index in [9.17, 15) is 10.1 Å². The largest absolute Gasteiger partial charge is 0.494 e. The number of rotatable bonds is 8. The second-order valence-corrected chi connectivity index (χ2v) is 5.36. The molecule has 0 aliphatic rings. The lowest BCUT2D eigenvalue weighted by molar-refractivity contribution is -0.384. The third kappa shape index (κ3) is 4.79. The molecule has 2 aromatic rings. The molecule has 0 unspecified atom stereocenters. The lowest BCUT2D eigenvalue weighted by Crippen LogP contribution is -2.21. The van der Waals surface area contributed by atoms with Crippen molar-refractivity contribution in [3.63, 3.8) is 0 Å². The van der Waals surface area contributed by atoms with E-state index in [0.29, 0.717) is 18.0 Å².